The minimum Gasteiger partial charge on any atom is -0.456 e. The molecule has 158 valence electrons. The number of amides is 1. The van der Waals surface area contributed by atoms with E-state index in [4.69, 9.17) is 4.74 Å². The SMILES string of the molecule is O=C(Nc1ccc(Oc2cccnc2)cc1)c1cc(-c2ccc3c(n2)NNN3)ccc1F. The Labute approximate surface area is 182 Å². The van der Waals surface area contributed by atoms with Gasteiger partial charge in [0.15, 0.2) is 5.82 Å². The van der Waals surface area contributed by atoms with Crippen molar-refractivity contribution in [2.45, 2.75) is 0 Å². The Morgan fingerprint density at radius 1 is 0.969 bits per heavy atom. The number of nitrogens with zero attached hydrogens (tertiary/aromatic N) is 2. The first-order valence-corrected chi connectivity index (χ1v) is 9.73. The molecule has 2 aromatic heterocycles. The quantitative estimate of drug-likeness (QED) is 0.369. The van der Waals surface area contributed by atoms with Crippen LogP contribution >= 0.6 is 0 Å². The van der Waals surface area contributed by atoms with Crippen molar-refractivity contribution < 1.29 is 13.9 Å². The van der Waals surface area contributed by atoms with E-state index in [1.807, 2.05) is 6.07 Å². The van der Waals surface area contributed by atoms with Crippen molar-refractivity contribution in [1.82, 2.24) is 15.5 Å². The Balaban J connectivity index is 1.32. The number of hydrogen-bond acceptors (Lipinski definition) is 7. The zero-order valence-corrected chi connectivity index (χ0v) is 16.6. The molecule has 0 aliphatic carbocycles. The minimum absolute atomic E-state index is 0.0790. The molecular formula is C23H17FN6O2. The molecule has 0 saturated carbocycles. The van der Waals surface area contributed by atoms with E-state index < -0.39 is 11.7 Å². The summed E-state index contributed by atoms with van der Waals surface area (Å²) in [4.78, 5) is 21.2. The topological polar surface area (TPSA) is 100 Å². The monoisotopic (exact) mass is 428 g/mol. The number of nitrogens with one attached hydrogen (secondary N) is 4. The molecule has 0 radical (unpaired) electrons. The van der Waals surface area contributed by atoms with Crippen LogP contribution in [0.3, 0.4) is 0 Å². The van der Waals surface area contributed by atoms with Crippen LogP contribution in [0.1, 0.15) is 10.4 Å². The molecule has 32 heavy (non-hydrogen) atoms. The highest BCUT2D eigenvalue weighted by atomic mass is 19.1. The van der Waals surface area contributed by atoms with Crippen LogP contribution in [-0.4, -0.2) is 15.9 Å². The fourth-order valence-corrected chi connectivity index (χ4v) is 3.18. The summed E-state index contributed by atoms with van der Waals surface area (Å²) in [5.74, 6) is 0.624. The Morgan fingerprint density at radius 2 is 1.84 bits per heavy atom. The summed E-state index contributed by atoms with van der Waals surface area (Å²) in [7, 11) is 0. The predicted octanol–water partition coefficient (Wildman–Crippen LogP) is 4.58. The van der Waals surface area contributed by atoms with Crippen LogP contribution < -0.4 is 26.4 Å². The van der Waals surface area contributed by atoms with Crippen molar-refractivity contribution in [3.05, 3.63) is 90.5 Å². The number of pyridine rings is 2. The maximum Gasteiger partial charge on any atom is 0.258 e. The molecule has 4 aromatic rings. The third-order valence-corrected chi connectivity index (χ3v) is 4.76. The van der Waals surface area contributed by atoms with Crippen molar-refractivity contribution in [2.75, 3.05) is 16.2 Å². The molecule has 4 N–H and O–H groups in total. The number of carbonyl (C=O) groups excluding carboxylic acids is 1. The Kier molecular flexibility index (Phi) is 5.06. The van der Waals surface area contributed by atoms with Crippen molar-refractivity contribution in [1.29, 1.82) is 0 Å². The van der Waals surface area contributed by atoms with Gasteiger partial charge in [0.2, 0.25) is 0 Å². The predicted molar refractivity (Wildman–Crippen MR) is 119 cm³/mol. The summed E-state index contributed by atoms with van der Waals surface area (Å²) in [6.07, 6.45) is 3.26. The summed E-state index contributed by atoms with van der Waals surface area (Å²) >= 11 is 0. The van der Waals surface area contributed by atoms with Crippen molar-refractivity contribution in [3.8, 4) is 22.8 Å². The van der Waals surface area contributed by atoms with Gasteiger partial charge in [0, 0.05) is 17.4 Å². The molecule has 0 atom stereocenters. The first-order valence-electron chi connectivity index (χ1n) is 9.73. The van der Waals surface area contributed by atoms with Crippen molar-refractivity contribution in [2.24, 2.45) is 0 Å². The molecule has 1 aliphatic rings. The van der Waals surface area contributed by atoms with Crippen LogP contribution in [0.4, 0.5) is 21.6 Å². The minimum atomic E-state index is -0.620. The highest BCUT2D eigenvalue weighted by Gasteiger charge is 2.16. The average Bonchev–Trinajstić information content (AvgIpc) is 3.29. The molecule has 5 rings (SSSR count). The van der Waals surface area contributed by atoms with E-state index in [0.29, 0.717) is 34.3 Å². The first-order chi connectivity index (χ1) is 15.7. The van der Waals surface area contributed by atoms with E-state index in [0.717, 1.165) is 5.69 Å². The smallest absolute Gasteiger partial charge is 0.258 e. The van der Waals surface area contributed by atoms with Crippen LogP contribution in [0.25, 0.3) is 11.3 Å². The third-order valence-electron chi connectivity index (χ3n) is 4.76. The van der Waals surface area contributed by atoms with E-state index >= 15 is 0 Å². The third kappa shape index (κ3) is 4.05. The van der Waals surface area contributed by atoms with Gasteiger partial charge in [-0.1, -0.05) is 0 Å². The van der Waals surface area contributed by atoms with E-state index in [9.17, 15) is 9.18 Å². The molecule has 0 fully saturated rings. The maximum absolute atomic E-state index is 14.4. The van der Waals surface area contributed by atoms with Gasteiger partial charge in [-0.2, -0.15) is 0 Å². The van der Waals surface area contributed by atoms with Crippen molar-refractivity contribution in [3.63, 3.8) is 0 Å². The average molecular weight is 428 g/mol. The fraction of sp³-hybridized carbons (Fsp3) is 0. The number of hydrogen-bond donors (Lipinski definition) is 4. The van der Waals surface area contributed by atoms with Gasteiger partial charge >= 0.3 is 0 Å². The maximum atomic E-state index is 14.4. The standard InChI is InChI=1S/C23H17FN6O2/c24-19-8-3-14(20-9-10-21-22(27-20)29-30-28-21)12-18(19)23(31)26-15-4-6-16(7-5-15)32-17-2-1-11-25-13-17/h1-13,28,30H,(H,26,31)(H,27,29). The Morgan fingerprint density at radius 3 is 2.66 bits per heavy atom. The molecule has 8 nitrogen and oxygen atoms in total. The lowest BCUT2D eigenvalue weighted by molar-refractivity contribution is 0.102. The zero-order valence-electron chi connectivity index (χ0n) is 16.6. The summed E-state index contributed by atoms with van der Waals surface area (Å²) in [6.45, 7) is 0. The summed E-state index contributed by atoms with van der Waals surface area (Å²) in [5, 5.41) is 2.71. The zero-order chi connectivity index (χ0) is 21.9. The van der Waals surface area contributed by atoms with Gasteiger partial charge in [-0.25, -0.2) is 9.37 Å². The van der Waals surface area contributed by atoms with Crippen LogP contribution in [0, 0.1) is 5.82 Å². The summed E-state index contributed by atoms with van der Waals surface area (Å²) in [5.41, 5.74) is 11.0. The number of halogens is 1. The molecule has 0 spiro atoms. The van der Waals surface area contributed by atoms with Crippen LogP contribution in [0.5, 0.6) is 11.5 Å². The number of benzene rings is 2. The second-order valence-electron chi connectivity index (χ2n) is 6.93. The van der Waals surface area contributed by atoms with Gasteiger partial charge in [0.25, 0.3) is 5.91 Å². The van der Waals surface area contributed by atoms with Gasteiger partial charge in [-0.3, -0.25) is 15.2 Å². The number of fused-ring (bicyclic) bond motifs is 1. The Bertz CT molecular complexity index is 1280. The number of carbonyl (C=O) groups is 1. The van der Waals surface area contributed by atoms with Gasteiger partial charge in [-0.15, -0.1) is 5.53 Å². The second-order valence-corrected chi connectivity index (χ2v) is 6.93. The van der Waals surface area contributed by atoms with Crippen LogP contribution in [0.2, 0.25) is 0 Å². The second kappa shape index (κ2) is 8.32. The molecule has 9 heteroatoms. The molecule has 0 unspecified atom stereocenters. The number of anilines is 3. The van der Waals surface area contributed by atoms with Gasteiger partial charge < -0.3 is 15.5 Å². The van der Waals surface area contributed by atoms with E-state index in [-0.39, 0.29) is 5.56 Å². The van der Waals surface area contributed by atoms with Gasteiger partial charge in [0.05, 0.1) is 23.1 Å². The fourth-order valence-electron chi connectivity index (χ4n) is 3.18. The molecular weight excluding hydrogens is 411 g/mol. The van der Waals surface area contributed by atoms with E-state index in [1.165, 1.54) is 12.1 Å². The molecule has 3 heterocycles. The van der Waals surface area contributed by atoms with E-state index in [2.05, 4.69) is 31.7 Å². The van der Waals surface area contributed by atoms with Gasteiger partial charge in [0.1, 0.15) is 17.3 Å². The number of ether oxygens (including phenoxy) is 1. The Hall–Kier alpha value is -4.50. The largest absolute Gasteiger partial charge is 0.456 e. The molecule has 0 bridgehead atoms. The molecule has 1 amide bonds. The van der Waals surface area contributed by atoms with Gasteiger partial charge in [-0.05, 0) is 66.7 Å². The lowest BCUT2D eigenvalue weighted by Gasteiger charge is -2.10. The number of aromatic nitrogens is 2. The first kappa shape index (κ1) is 19.5. The van der Waals surface area contributed by atoms with Crippen molar-refractivity contribution >= 4 is 23.1 Å². The summed E-state index contributed by atoms with van der Waals surface area (Å²) in [6, 6.07) is 18.3. The lowest BCUT2D eigenvalue weighted by atomic mass is 10.1. The lowest BCUT2D eigenvalue weighted by Crippen LogP contribution is -2.19. The highest BCUT2D eigenvalue weighted by molar-refractivity contribution is 6.05. The molecule has 0 saturated heterocycles. The van der Waals surface area contributed by atoms with E-state index in [1.54, 1.807) is 60.9 Å². The highest BCUT2D eigenvalue weighted by Crippen LogP contribution is 2.28. The number of rotatable bonds is 5. The molecule has 1 aliphatic heterocycles. The van der Waals surface area contributed by atoms with Crippen LogP contribution in [0.15, 0.2) is 79.1 Å². The molecule has 2 aromatic carbocycles. The number of hydrazine groups is 2. The summed E-state index contributed by atoms with van der Waals surface area (Å²) < 4.78 is 20.1. The normalized spacial score (nSPS) is 11.8. The van der Waals surface area contributed by atoms with Crippen LogP contribution in [-0.2, 0) is 0 Å².